The maximum Gasteiger partial charge on any atom is 0.0172 e. The molecule has 4 unspecified atom stereocenters. The molecule has 0 radical (unpaired) electrons. The summed E-state index contributed by atoms with van der Waals surface area (Å²) in [5.74, 6) is 2.26. The van der Waals surface area contributed by atoms with E-state index in [2.05, 4.69) is 53.2 Å². The Labute approximate surface area is 184 Å². The van der Waals surface area contributed by atoms with Crippen LogP contribution in [0, 0.1) is 6.92 Å². The monoisotopic (exact) mass is 428 g/mol. The lowest BCUT2D eigenvalue weighted by Gasteiger charge is -2.41. The Hall–Kier alpha value is -0.680. The number of thiophene rings is 2. The van der Waals surface area contributed by atoms with Gasteiger partial charge in [-0.05, 0) is 104 Å². The minimum Gasteiger partial charge on any atom is -0.319 e. The van der Waals surface area contributed by atoms with Crippen molar-refractivity contribution in [3.05, 3.63) is 42.8 Å². The second kappa shape index (κ2) is 8.45. The van der Waals surface area contributed by atoms with E-state index in [9.17, 15) is 0 Å². The molecule has 3 heterocycles. The summed E-state index contributed by atoms with van der Waals surface area (Å²) in [5.41, 5.74) is 6.65. The van der Waals surface area contributed by atoms with Gasteiger partial charge in [-0.25, -0.2) is 0 Å². The molecule has 4 atom stereocenters. The number of rotatable bonds is 6. The number of piperidine rings is 1. The van der Waals surface area contributed by atoms with E-state index in [0.29, 0.717) is 0 Å². The van der Waals surface area contributed by atoms with Crippen LogP contribution in [-0.4, -0.2) is 37.6 Å². The fourth-order valence-corrected chi connectivity index (χ4v) is 9.16. The van der Waals surface area contributed by atoms with E-state index < -0.39 is 0 Å². The number of likely N-dealkylation sites (tertiary alicyclic amines) is 1. The van der Waals surface area contributed by atoms with Gasteiger partial charge in [0, 0.05) is 34.8 Å². The summed E-state index contributed by atoms with van der Waals surface area (Å²) in [4.78, 5) is 6.36. The van der Waals surface area contributed by atoms with Crippen LogP contribution in [-0.2, 0) is 12.8 Å². The van der Waals surface area contributed by atoms with Gasteiger partial charge in [0.1, 0.15) is 0 Å². The minimum absolute atomic E-state index is 0.724. The fourth-order valence-electron chi connectivity index (χ4n) is 6.60. The topological polar surface area (TPSA) is 15.3 Å². The molecule has 158 valence electrons. The summed E-state index contributed by atoms with van der Waals surface area (Å²) in [6.07, 6.45) is 9.46. The molecular formula is C25H36N2S2. The molecule has 2 aliphatic carbocycles. The van der Waals surface area contributed by atoms with Gasteiger partial charge in [-0.2, -0.15) is 0 Å². The van der Waals surface area contributed by atoms with Crippen molar-refractivity contribution in [3.8, 4) is 0 Å². The van der Waals surface area contributed by atoms with Crippen molar-refractivity contribution >= 4 is 22.7 Å². The van der Waals surface area contributed by atoms with Gasteiger partial charge in [0.05, 0.1) is 0 Å². The van der Waals surface area contributed by atoms with Crippen molar-refractivity contribution in [2.24, 2.45) is 0 Å². The van der Waals surface area contributed by atoms with Gasteiger partial charge in [0.15, 0.2) is 0 Å². The highest BCUT2D eigenvalue weighted by Gasteiger charge is 2.42. The predicted octanol–water partition coefficient (Wildman–Crippen LogP) is 6.06. The Bertz CT molecular complexity index is 851. The number of likely N-dealkylation sites (N-methyl/N-ethyl adjacent to an activating group) is 1. The highest BCUT2D eigenvalue weighted by atomic mass is 32.1. The number of fused-ring (bicyclic) bond motifs is 2. The molecular weight excluding hydrogens is 392 g/mol. The molecule has 4 heteroatoms. The third-order valence-corrected chi connectivity index (χ3v) is 10.2. The Kier molecular flexibility index (Phi) is 5.90. The molecule has 0 aromatic carbocycles. The Morgan fingerprint density at radius 2 is 2.00 bits per heavy atom. The van der Waals surface area contributed by atoms with Crippen molar-refractivity contribution in [2.45, 2.75) is 82.6 Å². The van der Waals surface area contributed by atoms with Gasteiger partial charge in [-0.3, -0.25) is 4.90 Å². The molecule has 1 saturated heterocycles. The second-order valence-corrected chi connectivity index (χ2v) is 11.4. The Morgan fingerprint density at radius 3 is 2.83 bits per heavy atom. The first-order valence-corrected chi connectivity index (χ1v) is 13.5. The molecule has 1 fully saturated rings. The molecule has 3 aliphatic rings. The highest BCUT2D eigenvalue weighted by Crippen LogP contribution is 2.51. The van der Waals surface area contributed by atoms with Crippen LogP contribution >= 0.6 is 22.7 Å². The van der Waals surface area contributed by atoms with E-state index in [4.69, 9.17) is 0 Å². The van der Waals surface area contributed by atoms with Gasteiger partial charge in [-0.1, -0.05) is 13.3 Å². The summed E-state index contributed by atoms with van der Waals surface area (Å²) in [6.45, 7) is 8.42. The van der Waals surface area contributed by atoms with Crippen molar-refractivity contribution in [1.82, 2.24) is 10.2 Å². The Morgan fingerprint density at radius 1 is 1.10 bits per heavy atom. The number of hydrogen-bond acceptors (Lipinski definition) is 4. The largest absolute Gasteiger partial charge is 0.319 e. The average molecular weight is 429 g/mol. The number of nitrogens with zero attached hydrogens (tertiary/aromatic N) is 1. The summed E-state index contributed by atoms with van der Waals surface area (Å²) < 4.78 is 0. The van der Waals surface area contributed by atoms with Crippen LogP contribution in [0.1, 0.15) is 88.8 Å². The van der Waals surface area contributed by atoms with Crippen molar-refractivity contribution in [1.29, 1.82) is 0 Å². The first kappa shape index (κ1) is 20.2. The zero-order valence-electron chi connectivity index (χ0n) is 18.3. The van der Waals surface area contributed by atoms with E-state index in [1.807, 2.05) is 11.3 Å². The molecule has 2 nitrogen and oxygen atoms in total. The third kappa shape index (κ3) is 3.54. The van der Waals surface area contributed by atoms with Gasteiger partial charge in [0.25, 0.3) is 0 Å². The molecule has 1 N–H and O–H groups in total. The van der Waals surface area contributed by atoms with E-state index >= 15 is 0 Å². The molecule has 1 aliphatic heterocycles. The maximum atomic E-state index is 3.49. The van der Waals surface area contributed by atoms with Crippen LogP contribution in [0.3, 0.4) is 0 Å². The fraction of sp³-hybridized carbons (Fsp3) is 0.680. The summed E-state index contributed by atoms with van der Waals surface area (Å²) in [6, 6.07) is 0.760. The minimum atomic E-state index is 0.724. The SMILES string of the molecule is CCc1csc2c1C(CNC)CC2C1CCCCN1CC1CCc2scc(C)c21. The molecule has 2 aromatic rings. The van der Waals surface area contributed by atoms with E-state index in [-0.39, 0.29) is 0 Å². The normalized spacial score (nSPS) is 29.3. The quantitative estimate of drug-likeness (QED) is 0.602. The standard InChI is InChI=1S/C25H36N2S2/c1-4-17-15-29-25-20(11-19(12-26-3)24(17)25)21-7-5-6-10-27(21)13-18-8-9-22-23(18)16(2)14-28-22/h14-15,18-21,26H,4-13H2,1-3H3. The summed E-state index contributed by atoms with van der Waals surface area (Å²) in [5, 5.41) is 8.37. The number of hydrogen-bond donors (Lipinski definition) is 1. The van der Waals surface area contributed by atoms with Crippen LogP contribution in [0.25, 0.3) is 0 Å². The van der Waals surface area contributed by atoms with E-state index in [1.54, 1.807) is 32.0 Å². The molecule has 2 aromatic heterocycles. The highest BCUT2D eigenvalue weighted by molar-refractivity contribution is 7.10. The zero-order chi connectivity index (χ0) is 20.0. The summed E-state index contributed by atoms with van der Waals surface area (Å²) >= 11 is 4.09. The molecule has 0 amide bonds. The van der Waals surface area contributed by atoms with Crippen molar-refractivity contribution in [3.63, 3.8) is 0 Å². The van der Waals surface area contributed by atoms with Gasteiger partial charge in [0.2, 0.25) is 0 Å². The van der Waals surface area contributed by atoms with Crippen LogP contribution in [0.4, 0.5) is 0 Å². The first-order valence-electron chi connectivity index (χ1n) is 11.8. The van der Waals surface area contributed by atoms with Crippen LogP contribution < -0.4 is 5.32 Å². The zero-order valence-corrected chi connectivity index (χ0v) is 19.9. The lowest BCUT2D eigenvalue weighted by molar-refractivity contribution is 0.116. The smallest absolute Gasteiger partial charge is 0.0172 e. The van der Waals surface area contributed by atoms with Crippen molar-refractivity contribution in [2.75, 3.05) is 26.7 Å². The first-order chi connectivity index (χ1) is 14.2. The van der Waals surface area contributed by atoms with Gasteiger partial charge < -0.3 is 5.32 Å². The predicted molar refractivity (Wildman–Crippen MR) is 127 cm³/mol. The average Bonchev–Trinajstić information content (AvgIpc) is 3.48. The van der Waals surface area contributed by atoms with Crippen LogP contribution in [0.5, 0.6) is 0 Å². The number of nitrogens with one attached hydrogen (secondary N) is 1. The lowest BCUT2D eigenvalue weighted by atomic mass is 9.87. The lowest BCUT2D eigenvalue weighted by Crippen LogP contribution is -2.44. The van der Waals surface area contributed by atoms with Gasteiger partial charge in [-0.15, -0.1) is 22.7 Å². The second-order valence-electron chi connectivity index (χ2n) is 9.54. The third-order valence-electron chi connectivity index (χ3n) is 7.87. The number of aryl methyl sites for hydroxylation is 3. The molecule has 29 heavy (non-hydrogen) atoms. The van der Waals surface area contributed by atoms with E-state index in [0.717, 1.165) is 30.3 Å². The van der Waals surface area contributed by atoms with Crippen LogP contribution in [0.2, 0.25) is 0 Å². The van der Waals surface area contributed by atoms with E-state index in [1.165, 1.54) is 58.0 Å². The molecule has 0 bridgehead atoms. The molecule has 5 rings (SSSR count). The summed E-state index contributed by atoms with van der Waals surface area (Å²) in [7, 11) is 2.12. The van der Waals surface area contributed by atoms with Crippen molar-refractivity contribution < 1.29 is 0 Å². The Balaban J connectivity index is 1.40. The van der Waals surface area contributed by atoms with Crippen LogP contribution in [0.15, 0.2) is 10.8 Å². The molecule has 0 saturated carbocycles. The maximum absolute atomic E-state index is 3.49. The van der Waals surface area contributed by atoms with Gasteiger partial charge >= 0.3 is 0 Å². The molecule has 0 spiro atoms.